The fourth-order valence-electron chi connectivity index (χ4n) is 2.59. The first-order valence-corrected chi connectivity index (χ1v) is 7.05. The molecule has 0 aromatic carbocycles. The van der Waals surface area contributed by atoms with E-state index in [1.165, 1.54) is 32.1 Å². The molecule has 0 saturated heterocycles. The molecule has 3 heteroatoms. The molecule has 1 fully saturated rings. The van der Waals surface area contributed by atoms with E-state index in [2.05, 4.69) is 12.2 Å². The molecule has 1 aliphatic rings. The highest BCUT2D eigenvalue weighted by atomic mass is 16.2. The van der Waals surface area contributed by atoms with E-state index in [0.29, 0.717) is 12.5 Å². The number of hydrogen-bond acceptors (Lipinski definition) is 2. The van der Waals surface area contributed by atoms with Crippen LogP contribution in [0.15, 0.2) is 0 Å². The Kier molecular flexibility index (Phi) is 6.56. The van der Waals surface area contributed by atoms with E-state index >= 15 is 0 Å². The van der Waals surface area contributed by atoms with Gasteiger partial charge in [0.2, 0.25) is 5.91 Å². The maximum Gasteiger partial charge on any atom is 0.222 e. The molecular weight excluding hydrogens is 212 g/mol. The van der Waals surface area contributed by atoms with E-state index in [1.54, 1.807) is 4.90 Å². The zero-order valence-corrected chi connectivity index (χ0v) is 11.7. The molecule has 0 bridgehead atoms. The van der Waals surface area contributed by atoms with Gasteiger partial charge in [0.15, 0.2) is 0 Å². The highest BCUT2D eigenvalue weighted by molar-refractivity contribution is 5.75. The molecule has 0 aliphatic heterocycles. The minimum atomic E-state index is 0.233. The van der Waals surface area contributed by atoms with Crippen molar-refractivity contribution in [2.24, 2.45) is 5.92 Å². The summed E-state index contributed by atoms with van der Waals surface area (Å²) in [5.41, 5.74) is 0. The highest BCUT2D eigenvalue weighted by Gasteiger charge is 2.19. The van der Waals surface area contributed by atoms with Crippen molar-refractivity contribution in [1.82, 2.24) is 10.2 Å². The van der Waals surface area contributed by atoms with E-state index in [-0.39, 0.29) is 5.91 Å². The van der Waals surface area contributed by atoms with Crippen molar-refractivity contribution in [3.05, 3.63) is 0 Å². The SMILES string of the molecule is CC(NCCCC(=O)N(C)C)C1CCCCC1. The van der Waals surface area contributed by atoms with Gasteiger partial charge >= 0.3 is 0 Å². The van der Waals surface area contributed by atoms with Crippen molar-refractivity contribution < 1.29 is 4.79 Å². The molecule has 1 unspecified atom stereocenters. The van der Waals surface area contributed by atoms with Gasteiger partial charge in [-0.15, -0.1) is 0 Å². The molecular formula is C14H28N2O. The molecule has 1 N–H and O–H groups in total. The van der Waals surface area contributed by atoms with Crippen LogP contribution in [0.3, 0.4) is 0 Å². The fraction of sp³-hybridized carbons (Fsp3) is 0.929. The van der Waals surface area contributed by atoms with Crippen LogP contribution in [0.4, 0.5) is 0 Å². The molecule has 1 rings (SSSR count). The average molecular weight is 240 g/mol. The molecule has 100 valence electrons. The van der Waals surface area contributed by atoms with E-state index < -0.39 is 0 Å². The lowest BCUT2D eigenvalue weighted by Gasteiger charge is -2.28. The third-order valence-electron chi connectivity index (χ3n) is 3.89. The number of rotatable bonds is 6. The maximum atomic E-state index is 11.4. The van der Waals surface area contributed by atoms with Gasteiger partial charge in [-0.2, -0.15) is 0 Å². The van der Waals surface area contributed by atoms with E-state index in [4.69, 9.17) is 0 Å². The topological polar surface area (TPSA) is 32.3 Å². The van der Waals surface area contributed by atoms with Gasteiger partial charge in [0, 0.05) is 26.6 Å². The van der Waals surface area contributed by atoms with Gasteiger partial charge < -0.3 is 10.2 Å². The minimum Gasteiger partial charge on any atom is -0.349 e. The number of nitrogens with one attached hydrogen (secondary N) is 1. The summed E-state index contributed by atoms with van der Waals surface area (Å²) < 4.78 is 0. The van der Waals surface area contributed by atoms with Gasteiger partial charge in [0.1, 0.15) is 0 Å². The van der Waals surface area contributed by atoms with Crippen molar-refractivity contribution in [2.75, 3.05) is 20.6 Å². The summed E-state index contributed by atoms with van der Waals surface area (Å²) in [6.45, 7) is 3.26. The minimum absolute atomic E-state index is 0.233. The third kappa shape index (κ3) is 5.53. The Labute approximate surface area is 106 Å². The van der Waals surface area contributed by atoms with Crippen molar-refractivity contribution >= 4 is 5.91 Å². The second kappa shape index (κ2) is 7.70. The highest BCUT2D eigenvalue weighted by Crippen LogP contribution is 2.26. The lowest BCUT2D eigenvalue weighted by molar-refractivity contribution is -0.128. The second-order valence-electron chi connectivity index (χ2n) is 5.53. The van der Waals surface area contributed by atoms with Crippen LogP contribution in [-0.2, 0) is 4.79 Å². The van der Waals surface area contributed by atoms with E-state index in [1.807, 2.05) is 14.1 Å². The smallest absolute Gasteiger partial charge is 0.222 e. The Hall–Kier alpha value is -0.570. The van der Waals surface area contributed by atoms with Crippen molar-refractivity contribution in [3.8, 4) is 0 Å². The van der Waals surface area contributed by atoms with Gasteiger partial charge in [-0.1, -0.05) is 19.3 Å². The first-order valence-electron chi connectivity index (χ1n) is 7.05. The fourth-order valence-corrected chi connectivity index (χ4v) is 2.59. The van der Waals surface area contributed by atoms with Crippen LogP contribution in [0.1, 0.15) is 51.9 Å². The van der Waals surface area contributed by atoms with Gasteiger partial charge in [-0.25, -0.2) is 0 Å². The zero-order valence-electron chi connectivity index (χ0n) is 11.7. The summed E-state index contributed by atoms with van der Waals surface area (Å²) in [6.07, 6.45) is 8.59. The Morgan fingerprint density at radius 2 is 1.94 bits per heavy atom. The van der Waals surface area contributed by atoms with Crippen LogP contribution in [0.2, 0.25) is 0 Å². The first-order chi connectivity index (χ1) is 8.11. The van der Waals surface area contributed by atoms with Crippen molar-refractivity contribution in [2.45, 2.75) is 57.9 Å². The van der Waals surface area contributed by atoms with Crippen LogP contribution >= 0.6 is 0 Å². The molecule has 1 atom stereocenters. The summed E-state index contributed by atoms with van der Waals surface area (Å²) in [7, 11) is 3.64. The molecule has 1 aliphatic carbocycles. The number of hydrogen-bond donors (Lipinski definition) is 1. The lowest BCUT2D eigenvalue weighted by Crippen LogP contribution is -2.35. The molecule has 0 radical (unpaired) electrons. The number of nitrogens with zero attached hydrogens (tertiary/aromatic N) is 1. The van der Waals surface area contributed by atoms with Crippen molar-refractivity contribution in [3.63, 3.8) is 0 Å². The zero-order chi connectivity index (χ0) is 12.7. The quantitative estimate of drug-likeness (QED) is 0.723. The number of carbonyl (C=O) groups is 1. The number of carbonyl (C=O) groups excluding carboxylic acids is 1. The van der Waals surface area contributed by atoms with Gasteiger partial charge in [0.05, 0.1) is 0 Å². The molecule has 0 heterocycles. The Morgan fingerprint density at radius 3 is 2.53 bits per heavy atom. The molecule has 0 spiro atoms. The normalized spacial score (nSPS) is 19.0. The molecule has 3 nitrogen and oxygen atoms in total. The van der Waals surface area contributed by atoms with Crippen LogP contribution in [0.5, 0.6) is 0 Å². The molecule has 0 aromatic rings. The average Bonchev–Trinajstić information content (AvgIpc) is 2.35. The van der Waals surface area contributed by atoms with Gasteiger partial charge in [-0.3, -0.25) is 4.79 Å². The van der Waals surface area contributed by atoms with Crippen LogP contribution in [0.25, 0.3) is 0 Å². The third-order valence-corrected chi connectivity index (χ3v) is 3.89. The van der Waals surface area contributed by atoms with Crippen LogP contribution in [-0.4, -0.2) is 37.5 Å². The summed E-state index contributed by atoms with van der Waals surface area (Å²) in [5.74, 6) is 1.09. The molecule has 17 heavy (non-hydrogen) atoms. The van der Waals surface area contributed by atoms with Gasteiger partial charge in [-0.05, 0) is 38.6 Å². The lowest BCUT2D eigenvalue weighted by atomic mass is 9.84. The van der Waals surface area contributed by atoms with E-state index in [9.17, 15) is 4.79 Å². The van der Waals surface area contributed by atoms with Gasteiger partial charge in [0.25, 0.3) is 0 Å². The Bertz CT molecular complexity index is 222. The summed E-state index contributed by atoms with van der Waals surface area (Å²) in [5, 5.41) is 3.58. The second-order valence-corrected chi connectivity index (χ2v) is 5.53. The standard InChI is InChI=1S/C14H28N2O/c1-12(13-8-5-4-6-9-13)15-11-7-10-14(17)16(2)3/h12-13,15H,4-11H2,1-3H3. The van der Waals surface area contributed by atoms with Crippen LogP contribution in [0, 0.1) is 5.92 Å². The monoisotopic (exact) mass is 240 g/mol. The van der Waals surface area contributed by atoms with Crippen LogP contribution < -0.4 is 5.32 Å². The largest absolute Gasteiger partial charge is 0.349 e. The summed E-state index contributed by atoms with van der Waals surface area (Å²) in [4.78, 5) is 13.1. The van der Waals surface area contributed by atoms with E-state index in [0.717, 1.165) is 18.9 Å². The molecule has 1 saturated carbocycles. The predicted molar refractivity (Wildman–Crippen MR) is 72.0 cm³/mol. The summed E-state index contributed by atoms with van der Waals surface area (Å²) in [6, 6.07) is 0.616. The first kappa shape index (κ1) is 14.5. The number of amides is 1. The Balaban J connectivity index is 2.07. The molecule has 1 amide bonds. The maximum absolute atomic E-state index is 11.4. The summed E-state index contributed by atoms with van der Waals surface area (Å²) >= 11 is 0. The predicted octanol–water partition coefficient (Wildman–Crippen LogP) is 2.41. The Morgan fingerprint density at radius 1 is 1.29 bits per heavy atom. The van der Waals surface area contributed by atoms with Crippen molar-refractivity contribution in [1.29, 1.82) is 0 Å². The molecule has 0 aromatic heterocycles.